The van der Waals surface area contributed by atoms with Gasteiger partial charge in [0.1, 0.15) is 6.04 Å². The van der Waals surface area contributed by atoms with Crippen molar-refractivity contribution in [3.8, 4) is 0 Å². The first-order valence-corrected chi connectivity index (χ1v) is 15.8. The lowest BCUT2D eigenvalue weighted by molar-refractivity contribution is -0.137. The second kappa shape index (κ2) is 12.8. The van der Waals surface area contributed by atoms with E-state index in [0.29, 0.717) is 12.3 Å². The molecule has 8 nitrogen and oxygen atoms in total. The van der Waals surface area contributed by atoms with Crippen LogP contribution in [0, 0.1) is 9.49 Å². The van der Waals surface area contributed by atoms with Gasteiger partial charge in [0.15, 0.2) is 0 Å². The Morgan fingerprint density at radius 3 is 2.26 bits per heavy atom. The van der Waals surface area contributed by atoms with Gasteiger partial charge in [-0.25, -0.2) is 8.42 Å². The fraction of sp³-hybridized carbons (Fsp3) is 0.500. The highest BCUT2D eigenvalue weighted by atomic mass is 127. The fourth-order valence-corrected chi connectivity index (χ4v) is 7.15. The molecule has 1 aliphatic heterocycles. The number of nitrogens with zero attached hydrogens (tertiary/aromatic N) is 3. The lowest BCUT2D eigenvalue weighted by Gasteiger charge is -2.40. The summed E-state index contributed by atoms with van der Waals surface area (Å²) in [5, 5.41) is 2.92. The van der Waals surface area contributed by atoms with Crippen molar-refractivity contribution in [3.05, 3.63) is 57.7 Å². The van der Waals surface area contributed by atoms with E-state index < -0.39 is 22.0 Å². The largest absolute Gasteiger partial charge is 0.378 e. The summed E-state index contributed by atoms with van der Waals surface area (Å²) >= 11 is 2.13. The van der Waals surface area contributed by atoms with E-state index in [0.717, 1.165) is 40.5 Å². The van der Waals surface area contributed by atoms with Crippen LogP contribution in [0.3, 0.4) is 0 Å². The van der Waals surface area contributed by atoms with Gasteiger partial charge in [-0.1, -0.05) is 31.4 Å². The van der Waals surface area contributed by atoms with E-state index in [1.165, 1.54) is 10.7 Å². The summed E-state index contributed by atoms with van der Waals surface area (Å²) in [6, 6.07) is 13.4. The average molecular weight is 653 g/mol. The Morgan fingerprint density at radius 1 is 0.974 bits per heavy atom. The summed E-state index contributed by atoms with van der Waals surface area (Å²) in [4.78, 5) is 30.5. The Balaban J connectivity index is 1.51. The molecule has 1 unspecified atom stereocenters. The van der Waals surface area contributed by atoms with Crippen LogP contribution in [-0.2, 0) is 26.2 Å². The van der Waals surface area contributed by atoms with E-state index >= 15 is 0 Å². The van der Waals surface area contributed by atoms with Crippen LogP contribution >= 0.6 is 22.6 Å². The minimum Gasteiger partial charge on any atom is -0.378 e. The molecule has 10 heteroatoms. The molecule has 2 aromatic carbocycles. The number of piperazine rings is 1. The van der Waals surface area contributed by atoms with Crippen LogP contribution in [0.2, 0.25) is 0 Å². The molecule has 1 heterocycles. The lowest BCUT2D eigenvalue weighted by atomic mass is 9.86. The third kappa shape index (κ3) is 7.06. The van der Waals surface area contributed by atoms with E-state index in [-0.39, 0.29) is 37.0 Å². The van der Waals surface area contributed by atoms with Crippen molar-refractivity contribution in [2.75, 3.05) is 38.6 Å². The molecule has 1 aliphatic carbocycles. The van der Waals surface area contributed by atoms with Gasteiger partial charge in [-0.15, -0.1) is 0 Å². The van der Waals surface area contributed by atoms with Gasteiger partial charge in [0.05, 0.1) is 4.90 Å². The predicted molar refractivity (Wildman–Crippen MR) is 157 cm³/mol. The zero-order valence-electron chi connectivity index (χ0n) is 22.1. The molecule has 0 radical (unpaired) electrons. The molecule has 38 heavy (non-hydrogen) atoms. The van der Waals surface area contributed by atoms with Crippen LogP contribution in [0.4, 0.5) is 5.69 Å². The first-order chi connectivity index (χ1) is 18.1. The van der Waals surface area contributed by atoms with Crippen molar-refractivity contribution >= 4 is 50.1 Å². The number of halogens is 1. The zero-order valence-corrected chi connectivity index (χ0v) is 25.1. The van der Waals surface area contributed by atoms with Gasteiger partial charge in [-0.3, -0.25) is 9.59 Å². The van der Waals surface area contributed by atoms with Gasteiger partial charge in [-0.2, -0.15) is 4.31 Å². The van der Waals surface area contributed by atoms with Crippen molar-refractivity contribution in [2.24, 2.45) is 5.92 Å². The van der Waals surface area contributed by atoms with Crippen LogP contribution in [-0.4, -0.2) is 69.2 Å². The molecule has 1 atom stereocenters. The fourth-order valence-electron chi connectivity index (χ4n) is 5.22. The van der Waals surface area contributed by atoms with Crippen molar-refractivity contribution in [2.45, 2.75) is 56.0 Å². The Bertz CT molecular complexity index is 1210. The van der Waals surface area contributed by atoms with E-state index in [9.17, 15) is 18.0 Å². The highest BCUT2D eigenvalue weighted by Crippen LogP contribution is 2.28. The number of hydrogen-bond acceptors (Lipinski definition) is 5. The van der Waals surface area contributed by atoms with Gasteiger partial charge < -0.3 is 15.1 Å². The van der Waals surface area contributed by atoms with Crippen LogP contribution in [0.1, 0.15) is 44.1 Å². The topological polar surface area (TPSA) is 90.0 Å². The Hall–Kier alpha value is -2.18. The monoisotopic (exact) mass is 652 g/mol. The first-order valence-electron chi connectivity index (χ1n) is 13.2. The molecule has 1 saturated heterocycles. The smallest absolute Gasteiger partial charge is 0.243 e. The number of carbonyl (C=O) groups is 2. The third-order valence-corrected chi connectivity index (χ3v) is 10.2. The molecule has 2 aromatic rings. The maximum Gasteiger partial charge on any atom is 0.243 e. The molecule has 206 valence electrons. The maximum atomic E-state index is 13.6. The van der Waals surface area contributed by atoms with Crippen LogP contribution < -0.4 is 10.2 Å². The van der Waals surface area contributed by atoms with Gasteiger partial charge in [0.2, 0.25) is 21.8 Å². The van der Waals surface area contributed by atoms with E-state index in [4.69, 9.17) is 0 Å². The number of rotatable bonds is 8. The Morgan fingerprint density at radius 2 is 1.63 bits per heavy atom. The predicted octanol–water partition coefficient (Wildman–Crippen LogP) is 3.85. The molecule has 2 amide bonds. The number of benzene rings is 2. The molecule has 4 rings (SSSR count). The number of amides is 2. The molecular formula is C28H37IN4O4S. The first kappa shape index (κ1) is 28.8. The minimum absolute atomic E-state index is 0.0142. The number of sulfonamides is 1. The molecule has 1 N–H and O–H groups in total. The maximum absolute atomic E-state index is 13.6. The van der Waals surface area contributed by atoms with Gasteiger partial charge in [-0.05, 0) is 83.3 Å². The number of anilines is 1. The van der Waals surface area contributed by atoms with Crippen molar-refractivity contribution < 1.29 is 18.0 Å². The Kier molecular flexibility index (Phi) is 9.69. The van der Waals surface area contributed by atoms with Gasteiger partial charge >= 0.3 is 0 Å². The van der Waals surface area contributed by atoms with Crippen molar-refractivity contribution in [1.82, 2.24) is 14.5 Å². The molecule has 1 saturated carbocycles. The lowest BCUT2D eigenvalue weighted by Crippen LogP contribution is -2.61. The Labute approximate surface area is 239 Å². The van der Waals surface area contributed by atoms with Crippen molar-refractivity contribution in [1.29, 1.82) is 0 Å². The van der Waals surface area contributed by atoms with E-state index in [2.05, 4.69) is 27.9 Å². The summed E-state index contributed by atoms with van der Waals surface area (Å²) in [6.07, 6.45) is 6.12. The van der Waals surface area contributed by atoms with Crippen molar-refractivity contribution in [3.63, 3.8) is 0 Å². The highest BCUT2D eigenvalue weighted by Gasteiger charge is 2.41. The summed E-state index contributed by atoms with van der Waals surface area (Å²) in [7, 11) is 0.00254. The van der Waals surface area contributed by atoms with Crippen LogP contribution in [0.5, 0.6) is 0 Å². The summed E-state index contributed by atoms with van der Waals surface area (Å²) < 4.78 is 29.4. The van der Waals surface area contributed by atoms with Gasteiger partial charge in [0.25, 0.3) is 0 Å². The average Bonchev–Trinajstić information content (AvgIpc) is 2.92. The van der Waals surface area contributed by atoms with Gasteiger partial charge in [0, 0.05) is 56.0 Å². The quantitative estimate of drug-likeness (QED) is 0.438. The zero-order chi connectivity index (χ0) is 27.3. The number of hydrogen-bond donors (Lipinski definition) is 1. The molecule has 2 aliphatic rings. The standard InChI is InChI=1S/C28H37IN4O4S/c1-31(2)24-12-8-22(9-13-24)19-30-28(35)26-20-32(27(34)18-21-6-4-3-5-7-21)16-17-33(26)38(36,37)25-14-10-23(29)11-15-25/h8-15,21,26H,3-7,16-20H2,1-2H3,(H,30,35). The summed E-state index contributed by atoms with van der Waals surface area (Å²) in [5.41, 5.74) is 1.96. The number of nitrogens with one attached hydrogen (secondary N) is 1. The van der Waals surface area contributed by atoms with E-state index in [1.54, 1.807) is 29.2 Å². The summed E-state index contributed by atoms with van der Waals surface area (Å²) in [6.45, 7) is 0.697. The minimum atomic E-state index is -3.92. The highest BCUT2D eigenvalue weighted by molar-refractivity contribution is 14.1. The SMILES string of the molecule is CN(C)c1ccc(CNC(=O)C2CN(C(=O)CC3CCCCC3)CCN2S(=O)(=O)c2ccc(I)cc2)cc1. The van der Waals surface area contributed by atoms with E-state index in [1.807, 2.05) is 43.3 Å². The molecule has 2 fully saturated rings. The van der Waals surface area contributed by atoms with Crippen LogP contribution in [0.25, 0.3) is 0 Å². The molecule has 0 spiro atoms. The molecule has 0 bridgehead atoms. The second-order valence-corrected chi connectivity index (χ2v) is 13.5. The number of carbonyl (C=O) groups excluding carboxylic acids is 2. The second-order valence-electron chi connectivity index (χ2n) is 10.4. The molecule has 0 aromatic heterocycles. The third-order valence-electron chi connectivity index (χ3n) is 7.51. The van der Waals surface area contributed by atoms with Crippen LogP contribution in [0.15, 0.2) is 53.4 Å². The summed E-state index contributed by atoms with van der Waals surface area (Å²) in [5.74, 6) is -0.00607. The molecular weight excluding hydrogens is 615 g/mol. The normalized spacial score (nSPS) is 19.2.